The number of imidazole rings is 1. The lowest BCUT2D eigenvalue weighted by Gasteiger charge is -2.14. The lowest BCUT2D eigenvalue weighted by Crippen LogP contribution is -2.32. The lowest BCUT2D eigenvalue weighted by molar-refractivity contribution is -0.465. The van der Waals surface area contributed by atoms with Crippen LogP contribution in [0, 0.1) is 18.3 Å². The van der Waals surface area contributed by atoms with Crippen molar-refractivity contribution >= 4 is 22.5 Å². The van der Waals surface area contributed by atoms with Crippen molar-refractivity contribution in [2.75, 3.05) is 18.5 Å². The molecule has 0 aliphatic carbocycles. The first-order valence-electron chi connectivity index (χ1n) is 8.98. The smallest absolute Gasteiger partial charge is 0.250 e. The lowest BCUT2D eigenvalue weighted by atomic mass is 10.0. The molecule has 0 bridgehead atoms. The molecule has 1 unspecified atom stereocenters. The molecule has 1 saturated heterocycles. The van der Waals surface area contributed by atoms with Crippen molar-refractivity contribution in [2.24, 2.45) is 0 Å². The maximum atomic E-state index is 9.73. The van der Waals surface area contributed by atoms with E-state index in [0.717, 1.165) is 66.0 Å². The molecule has 128 valence electrons. The zero-order valence-electron chi connectivity index (χ0n) is 14.7. The summed E-state index contributed by atoms with van der Waals surface area (Å²) in [6, 6.07) is 10.6. The Morgan fingerprint density at radius 1 is 1.40 bits per heavy atom. The SMILES string of the molecule is CCc1c(C)c(C#N)c2[nH]c3ccccc3[n+]2c1NCC1CCCO1. The summed E-state index contributed by atoms with van der Waals surface area (Å²) in [5, 5.41) is 13.4. The van der Waals surface area contributed by atoms with E-state index in [1.807, 2.05) is 25.1 Å². The van der Waals surface area contributed by atoms with Crippen molar-refractivity contribution in [1.82, 2.24) is 4.98 Å². The van der Waals surface area contributed by atoms with Crippen LogP contribution in [0.1, 0.15) is 36.5 Å². The Kier molecular flexibility index (Phi) is 4.06. The highest BCUT2D eigenvalue weighted by atomic mass is 16.5. The van der Waals surface area contributed by atoms with Crippen molar-refractivity contribution in [1.29, 1.82) is 5.26 Å². The largest absolute Gasteiger partial charge is 0.375 e. The molecule has 4 rings (SSSR count). The quantitative estimate of drug-likeness (QED) is 0.720. The molecule has 0 saturated carbocycles. The van der Waals surface area contributed by atoms with Crippen LogP contribution in [-0.4, -0.2) is 24.2 Å². The highest BCUT2D eigenvalue weighted by Crippen LogP contribution is 2.26. The second kappa shape index (κ2) is 6.38. The van der Waals surface area contributed by atoms with Gasteiger partial charge in [0, 0.05) is 12.2 Å². The van der Waals surface area contributed by atoms with Crippen LogP contribution in [0.5, 0.6) is 0 Å². The Morgan fingerprint density at radius 2 is 2.24 bits per heavy atom. The molecule has 1 atom stereocenters. The molecule has 0 spiro atoms. The second-order valence-corrected chi connectivity index (χ2v) is 6.63. The van der Waals surface area contributed by atoms with Crippen LogP contribution in [0.3, 0.4) is 0 Å². The first kappa shape index (κ1) is 15.9. The Morgan fingerprint density at radius 3 is 2.96 bits per heavy atom. The Bertz CT molecular complexity index is 977. The van der Waals surface area contributed by atoms with E-state index >= 15 is 0 Å². The van der Waals surface area contributed by atoms with Crippen molar-refractivity contribution in [3.8, 4) is 6.07 Å². The summed E-state index contributed by atoms with van der Waals surface area (Å²) in [5.74, 6) is 1.07. The number of fused-ring (bicyclic) bond motifs is 3. The summed E-state index contributed by atoms with van der Waals surface area (Å²) in [4.78, 5) is 3.43. The molecule has 2 N–H and O–H groups in total. The predicted molar refractivity (Wildman–Crippen MR) is 97.8 cm³/mol. The van der Waals surface area contributed by atoms with Crippen LogP contribution < -0.4 is 9.72 Å². The topological polar surface area (TPSA) is 64.9 Å². The Balaban J connectivity index is 1.95. The van der Waals surface area contributed by atoms with E-state index in [4.69, 9.17) is 4.74 Å². The number of pyridine rings is 1. The summed E-state index contributed by atoms with van der Waals surface area (Å²) >= 11 is 0. The van der Waals surface area contributed by atoms with E-state index in [2.05, 4.69) is 33.8 Å². The van der Waals surface area contributed by atoms with E-state index in [9.17, 15) is 5.26 Å². The van der Waals surface area contributed by atoms with Gasteiger partial charge in [0.15, 0.2) is 0 Å². The molecule has 1 aliphatic heterocycles. The number of benzene rings is 1. The van der Waals surface area contributed by atoms with Crippen LogP contribution >= 0.6 is 0 Å². The van der Waals surface area contributed by atoms with Gasteiger partial charge in [-0.25, -0.2) is 0 Å². The van der Waals surface area contributed by atoms with Gasteiger partial charge in [0.25, 0.3) is 0 Å². The van der Waals surface area contributed by atoms with Crippen LogP contribution in [0.15, 0.2) is 24.3 Å². The van der Waals surface area contributed by atoms with Gasteiger partial charge in [-0.2, -0.15) is 9.66 Å². The fourth-order valence-electron chi connectivity index (χ4n) is 3.90. The highest BCUT2D eigenvalue weighted by molar-refractivity contribution is 5.78. The minimum Gasteiger partial charge on any atom is -0.375 e. The molecule has 0 amide bonds. The molecular weight excluding hydrogens is 312 g/mol. The van der Waals surface area contributed by atoms with Gasteiger partial charge in [-0.15, -0.1) is 0 Å². The molecule has 3 aromatic rings. The number of H-pyrrole nitrogens is 1. The summed E-state index contributed by atoms with van der Waals surface area (Å²) in [6.07, 6.45) is 3.37. The highest BCUT2D eigenvalue weighted by Gasteiger charge is 2.26. The number of rotatable bonds is 4. The van der Waals surface area contributed by atoms with Gasteiger partial charge < -0.3 is 10.1 Å². The standard InChI is InChI=1S/C20H22N4O/c1-3-15-13(2)16(11-21)20-23-17-8-4-5-9-18(17)24(20)19(15)22-12-14-7-6-10-25-14/h4-5,8-9,14H,3,6-7,10,12H2,1-2H3,(H,22,23)/p+1. The minimum atomic E-state index is 0.265. The van der Waals surface area contributed by atoms with E-state index in [0.29, 0.717) is 0 Å². The molecule has 5 nitrogen and oxygen atoms in total. The van der Waals surface area contributed by atoms with Gasteiger partial charge in [0.1, 0.15) is 22.7 Å². The van der Waals surface area contributed by atoms with Crippen molar-refractivity contribution < 1.29 is 9.14 Å². The zero-order chi connectivity index (χ0) is 17.4. The van der Waals surface area contributed by atoms with Gasteiger partial charge in [-0.1, -0.05) is 19.1 Å². The van der Waals surface area contributed by atoms with Gasteiger partial charge in [-0.05, 0) is 43.9 Å². The number of nitrogens with zero attached hydrogens (tertiary/aromatic N) is 2. The third-order valence-corrected chi connectivity index (χ3v) is 5.18. The molecule has 0 radical (unpaired) electrons. The summed E-state index contributed by atoms with van der Waals surface area (Å²) in [7, 11) is 0. The number of hydrogen-bond donors (Lipinski definition) is 2. The van der Waals surface area contributed by atoms with Gasteiger partial charge in [0.05, 0.1) is 12.6 Å². The molecule has 1 aliphatic rings. The predicted octanol–water partition coefficient (Wildman–Crippen LogP) is 3.24. The maximum absolute atomic E-state index is 9.73. The third-order valence-electron chi connectivity index (χ3n) is 5.18. The molecule has 1 fully saturated rings. The van der Waals surface area contributed by atoms with Gasteiger partial charge >= 0.3 is 0 Å². The van der Waals surface area contributed by atoms with Crippen LogP contribution in [0.2, 0.25) is 0 Å². The molecule has 1 aromatic carbocycles. The molecule has 3 heterocycles. The summed E-state index contributed by atoms with van der Waals surface area (Å²) < 4.78 is 7.93. The first-order chi connectivity index (χ1) is 12.2. The van der Waals surface area contributed by atoms with Crippen molar-refractivity contribution in [3.05, 3.63) is 41.0 Å². The number of hydrogen-bond acceptors (Lipinski definition) is 3. The van der Waals surface area contributed by atoms with Gasteiger partial charge in [-0.3, -0.25) is 4.98 Å². The number of nitrogens with one attached hydrogen (secondary N) is 2. The monoisotopic (exact) mass is 335 g/mol. The van der Waals surface area contributed by atoms with E-state index in [1.165, 1.54) is 5.56 Å². The number of aromatic nitrogens is 2. The molecule has 5 heteroatoms. The number of aromatic amines is 1. The van der Waals surface area contributed by atoms with Crippen LogP contribution in [-0.2, 0) is 11.2 Å². The van der Waals surface area contributed by atoms with E-state index in [-0.39, 0.29) is 6.10 Å². The summed E-state index contributed by atoms with van der Waals surface area (Å²) in [5.41, 5.74) is 5.93. The Labute approximate surface area is 147 Å². The van der Waals surface area contributed by atoms with Crippen LogP contribution in [0.4, 0.5) is 5.82 Å². The maximum Gasteiger partial charge on any atom is 0.250 e. The molecule has 25 heavy (non-hydrogen) atoms. The number of ether oxygens (including phenoxy) is 1. The fourth-order valence-corrected chi connectivity index (χ4v) is 3.90. The average Bonchev–Trinajstić information content (AvgIpc) is 3.27. The number of anilines is 1. The summed E-state index contributed by atoms with van der Waals surface area (Å²) in [6.45, 7) is 5.83. The van der Waals surface area contributed by atoms with Crippen molar-refractivity contribution in [3.63, 3.8) is 0 Å². The van der Waals surface area contributed by atoms with E-state index in [1.54, 1.807) is 0 Å². The normalized spacial score (nSPS) is 17.2. The molecular formula is C20H23N4O+. The van der Waals surface area contributed by atoms with Crippen LogP contribution in [0.25, 0.3) is 16.7 Å². The third kappa shape index (κ3) is 2.54. The minimum absolute atomic E-state index is 0.265. The first-order valence-corrected chi connectivity index (χ1v) is 8.98. The fraction of sp³-hybridized carbons (Fsp3) is 0.400. The van der Waals surface area contributed by atoms with Gasteiger partial charge in [0.2, 0.25) is 11.5 Å². The van der Waals surface area contributed by atoms with Crippen molar-refractivity contribution in [2.45, 2.75) is 39.2 Å². The molecule has 2 aromatic heterocycles. The van der Waals surface area contributed by atoms with E-state index < -0.39 is 0 Å². The zero-order valence-corrected chi connectivity index (χ0v) is 14.7. The Hall–Kier alpha value is -2.58. The average molecular weight is 335 g/mol. The second-order valence-electron chi connectivity index (χ2n) is 6.63. The number of para-hydroxylation sites is 2. The number of nitriles is 1.